The molecule has 8 heteroatoms. The second-order valence-electron chi connectivity index (χ2n) is 8.49. The summed E-state index contributed by atoms with van der Waals surface area (Å²) in [7, 11) is 1.62. The van der Waals surface area contributed by atoms with Crippen LogP contribution in [0.5, 0.6) is 0 Å². The van der Waals surface area contributed by atoms with Crippen LogP contribution < -0.4 is 10.9 Å². The smallest absolute Gasteiger partial charge is 0.257 e. The Balaban J connectivity index is 1.40. The highest BCUT2D eigenvalue weighted by atomic mass is 16.5. The molecule has 0 saturated carbocycles. The third-order valence-corrected chi connectivity index (χ3v) is 6.37. The summed E-state index contributed by atoms with van der Waals surface area (Å²) in [6, 6.07) is 12.8. The molecule has 8 nitrogen and oxygen atoms in total. The van der Waals surface area contributed by atoms with E-state index in [-0.39, 0.29) is 23.3 Å². The second-order valence-corrected chi connectivity index (χ2v) is 8.49. The molecule has 1 aromatic carbocycles. The van der Waals surface area contributed by atoms with Crippen molar-refractivity contribution >= 4 is 5.91 Å². The number of hydrogen-bond acceptors (Lipinski definition) is 6. The molecule has 2 aromatic heterocycles. The summed E-state index contributed by atoms with van der Waals surface area (Å²) in [5.41, 5.74) is 2.88. The Hall–Kier alpha value is -3.26. The Kier molecular flexibility index (Phi) is 4.94. The van der Waals surface area contributed by atoms with E-state index in [1.54, 1.807) is 17.7 Å². The standard InChI is InChI=1S/C23H25N5O3/c1-14-6-8-15(9-7-14)23-25-19(26-31-23)13-27-11-16-10-17(12-27)21(22(30)24-2)28-18(16)4-3-5-20(28)29/h3-9,16-17,21H,10-13H2,1-2H3,(H,24,30)/t16-,17+,21+/m0/s1. The fourth-order valence-corrected chi connectivity index (χ4v) is 4.97. The lowest BCUT2D eigenvalue weighted by atomic mass is 9.78. The Morgan fingerprint density at radius 1 is 1.19 bits per heavy atom. The molecule has 0 radical (unpaired) electrons. The van der Waals surface area contributed by atoms with Crippen molar-refractivity contribution < 1.29 is 9.32 Å². The first kappa shape index (κ1) is 19.7. The lowest BCUT2D eigenvalue weighted by Crippen LogP contribution is -2.52. The van der Waals surface area contributed by atoms with Crippen molar-refractivity contribution in [2.24, 2.45) is 5.92 Å². The molecule has 2 aliphatic heterocycles. The van der Waals surface area contributed by atoms with Crippen molar-refractivity contribution in [3.63, 3.8) is 0 Å². The van der Waals surface area contributed by atoms with Crippen LogP contribution in [0.15, 0.2) is 51.8 Å². The Labute approximate surface area is 179 Å². The van der Waals surface area contributed by atoms with E-state index >= 15 is 0 Å². The van der Waals surface area contributed by atoms with Crippen LogP contribution >= 0.6 is 0 Å². The largest absolute Gasteiger partial charge is 0.357 e. The first-order valence-corrected chi connectivity index (χ1v) is 10.6. The first-order valence-electron chi connectivity index (χ1n) is 10.6. The van der Waals surface area contributed by atoms with Gasteiger partial charge in [0.2, 0.25) is 5.91 Å². The highest BCUT2D eigenvalue weighted by Gasteiger charge is 2.43. The molecule has 1 amide bonds. The predicted molar refractivity (Wildman–Crippen MR) is 114 cm³/mol. The zero-order valence-electron chi connectivity index (χ0n) is 17.6. The molecule has 0 spiro atoms. The van der Waals surface area contributed by atoms with Crippen molar-refractivity contribution in [1.82, 2.24) is 24.9 Å². The number of fused-ring (bicyclic) bond motifs is 4. The molecule has 3 aromatic rings. The minimum atomic E-state index is -0.499. The Morgan fingerprint density at radius 3 is 2.77 bits per heavy atom. The van der Waals surface area contributed by atoms with Gasteiger partial charge in [-0.25, -0.2) is 0 Å². The Morgan fingerprint density at radius 2 is 2.00 bits per heavy atom. The monoisotopic (exact) mass is 419 g/mol. The number of carbonyl (C=O) groups excluding carboxylic acids is 1. The van der Waals surface area contributed by atoms with E-state index in [4.69, 9.17) is 4.52 Å². The summed E-state index contributed by atoms with van der Waals surface area (Å²) in [5, 5.41) is 6.91. The van der Waals surface area contributed by atoms with Crippen LogP contribution in [-0.4, -0.2) is 45.7 Å². The fourth-order valence-electron chi connectivity index (χ4n) is 4.97. The van der Waals surface area contributed by atoms with E-state index in [9.17, 15) is 9.59 Å². The van der Waals surface area contributed by atoms with Crippen LogP contribution in [0.25, 0.3) is 11.5 Å². The number of nitrogens with zero attached hydrogens (tertiary/aromatic N) is 4. The topological polar surface area (TPSA) is 93.3 Å². The molecule has 31 heavy (non-hydrogen) atoms. The van der Waals surface area contributed by atoms with Gasteiger partial charge in [-0.05, 0) is 31.5 Å². The SMILES string of the molecule is CNC(=O)[C@H]1[C@@H]2C[C@@H](CN(Cc3noc(-c4ccc(C)cc4)n3)C2)c2cccc(=O)n21. The number of nitrogens with one attached hydrogen (secondary N) is 1. The van der Waals surface area contributed by atoms with Crippen molar-refractivity contribution in [3.8, 4) is 11.5 Å². The summed E-state index contributed by atoms with van der Waals surface area (Å²) in [4.78, 5) is 32.1. The number of likely N-dealkylation sites (tertiary alicyclic amines) is 1. The third-order valence-electron chi connectivity index (χ3n) is 6.37. The van der Waals surface area contributed by atoms with Crippen LogP contribution in [0.1, 0.15) is 35.5 Å². The average molecular weight is 419 g/mol. The average Bonchev–Trinajstić information content (AvgIpc) is 3.23. The minimum absolute atomic E-state index is 0.0507. The van der Waals surface area contributed by atoms with Crippen molar-refractivity contribution in [2.75, 3.05) is 20.1 Å². The maximum atomic E-state index is 12.7. The summed E-state index contributed by atoms with van der Waals surface area (Å²) in [6.45, 7) is 4.06. The maximum Gasteiger partial charge on any atom is 0.257 e. The number of carbonyl (C=O) groups is 1. The van der Waals surface area contributed by atoms with Crippen molar-refractivity contribution in [3.05, 3.63) is 69.9 Å². The van der Waals surface area contributed by atoms with Crippen LogP contribution in [0, 0.1) is 12.8 Å². The van der Waals surface area contributed by atoms with Gasteiger partial charge in [0.15, 0.2) is 5.82 Å². The zero-order chi connectivity index (χ0) is 21.5. The number of likely N-dealkylation sites (N-methyl/N-ethyl adjacent to an activating group) is 1. The summed E-state index contributed by atoms with van der Waals surface area (Å²) < 4.78 is 7.17. The molecular formula is C23H25N5O3. The minimum Gasteiger partial charge on any atom is -0.357 e. The van der Waals surface area contributed by atoms with E-state index in [0.29, 0.717) is 24.8 Å². The van der Waals surface area contributed by atoms with Gasteiger partial charge in [0.05, 0.1) is 6.54 Å². The van der Waals surface area contributed by atoms with E-state index in [1.165, 1.54) is 11.6 Å². The summed E-state index contributed by atoms with van der Waals surface area (Å²) in [6.07, 6.45) is 0.888. The van der Waals surface area contributed by atoms with Crippen LogP contribution in [0.2, 0.25) is 0 Å². The summed E-state index contributed by atoms with van der Waals surface area (Å²) in [5.74, 6) is 1.25. The number of piperidine rings is 1. The lowest BCUT2D eigenvalue weighted by molar-refractivity contribution is -0.127. The normalized spacial score (nSPS) is 22.7. The molecule has 0 unspecified atom stereocenters. The van der Waals surface area contributed by atoms with Gasteiger partial charge < -0.3 is 9.84 Å². The maximum absolute atomic E-state index is 12.7. The number of pyridine rings is 1. The molecule has 2 aliphatic rings. The van der Waals surface area contributed by atoms with E-state index in [1.807, 2.05) is 37.3 Å². The molecule has 1 N–H and O–H groups in total. The molecule has 4 heterocycles. The third kappa shape index (κ3) is 3.57. The lowest BCUT2D eigenvalue weighted by Gasteiger charge is -2.45. The van der Waals surface area contributed by atoms with Crippen molar-refractivity contribution in [2.45, 2.75) is 31.8 Å². The van der Waals surface area contributed by atoms with E-state index in [0.717, 1.165) is 24.2 Å². The molecule has 0 aliphatic carbocycles. The second kappa shape index (κ2) is 7.77. The van der Waals surface area contributed by atoms with Crippen molar-refractivity contribution in [1.29, 1.82) is 0 Å². The number of hydrogen-bond donors (Lipinski definition) is 1. The van der Waals surface area contributed by atoms with Gasteiger partial charge in [-0.3, -0.25) is 19.1 Å². The number of benzene rings is 1. The van der Waals surface area contributed by atoms with E-state index in [2.05, 4.69) is 20.4 Å². The molecule has 160 valence electrons. The quantitative estimate of drug-likeness (QED) is 0.696. The number of aromatic nitrogens is 3. The van der Waals surface area contributed by atoms with Crippen LogP contribution in [0.3, 0.4) is 0 Å². The molecule has 2 bridgehead atoms. The molecule has 3 atom stereocenters. The number of rotatable bonds is 4. The predicted octanol–water partition coefficient (Wildman–Crippen LogP) is 2.11. The highest BCUT2D eigenvalue weighted by molar-refractivity contribution is 5.80. The number of amides is 1. The van der Waals surface area contributed by atoms with E-state index < -0.39 is 6.04 Å². The molecular weight excluding hydrogens is 394 g/mol. The van der Waals surface area contributed by atoms with Gasteiger partial charge in [0.1, 0.15) is 6.04 Å². The van der Waals surface area contributed by atoms with Crippen LogP contribution in [0.4, 0.5) is 0 Å². The van der Waals surface area contributed by atoms with Gasteiger partial charge in [0, 0.05) is 49.3 Å². The Bertz CT molecular complexity index is 1170. The fraction of sp³-hybridized carbons (Fsp3) is 0.391. The van der Waals surface area contributed by atoms with Gasteiger partial charge in [-0.1, -0.05) is 28.9 Å². The number of aryl methyl sites for hydroxylation is 1. The highest BCUT2D eigenvalue weighted by Crippen LogP contribution is 2.41. The van der Waals surface area contributed by atoms with Gasteiger partial charge in [0.25, 0.3) is 11.4 Å². The molecule has 1 saturated heterocycles. The molecule has 1 fully saturated rings. The van der Waals surface area contributed by atoms with Gasteiger partial charge in [-0.15, -0.1) is 0 Å². The summed E-state index contributed by atoms with van der Waals surface area (Å²) >= 11 is 0. The zero-order valence-corrected chi connectivity index (χ0v) is 17.6. The molecule has 5 rings (SSSR count). The van der Waals surface area contributed by atoms with Gasteiger partial charge in [-0.2, -0.15) is 4.98 Å². The van der Waals surface area contributed by atoms with Crippen LogP contribution in [-0.2, 0) is 11.3 Å². The van der Waals surface area contributed by atoms with Gasteiger partial charge >= 0.3 is 0 Å². The first-order chi connectivity index (χ1) is 15.0.